The minimum atomic E-state index is -0.176. The highest BCUT2D eigenvalue weighted by Gasteiger charge is 2.58. The fraction of sp³-hybridized carbons (Fsp3) is 0.652. The molecule has 3 heteroatoms. The summed E-state index contributed by atoms with van der Waals surface area (Å²) >= 11 is 0. The van der Waals surface area contributed by atoms with E-state index in [0.29, 0.717) is 42.3 Å². The van der Waals surface area contributed by atoms with Crippen molar-refractivity contribution < 1.29 is 14.3 Å². The Labute approximate surface area is 156 Å². The van der Waals surface area contributed by atoms with Crippen LogP contribution in [-0.2, 0) is 20.7 Å². The lowest BCUT2D eigenvalue weighted by Crippen LogP contribution is -2.44. The minimum absolute atomic E-state index is 0.150. The zero-order valence-corrected chi connectivity index (χ0v) is 16.2. The monoisotopic (exact) mass is 354 g/mol. The van der Waals surface area contributed by atoms with E-state index in [9.17, 15) is 9.59 Å². The van der Waals surface area contributed by atoms with Crippen LogP contribution in [0.1, 0.15) is 68.1 Å². The number of hydrogen-bond acceptors (Lipinski definition) is 3. The molecule has 3 nitrogen and oxygen atoms in total. The Balaban J connectivity index is 1.63. The summed E-state index contributed by atoms with van der Waals surface area (Å²) in [6.45, 7) is 4.38. The van der Waals surface area contributed by atoms with Gasteiger partial charge in [-0.25, -0.2) is 0 Å². The van der Waals surface area contributed by atoms with E-state index in [1.807, 2.05) is 0 Å². The third kappa shape index (κ3) is 2.71. The molecule has 2 saturated carbocycles. The van der Waals surface area contributed by atoms with Gasteiger partial charge in [0.1, 0.15) is 5.78 Å². The van der Waals surface area contributed by atoms with Gasteiger partial charge in [-0.05, 0) is 73.8 Å². The van der Waals surface area contributed by atoms with Crippen LogP contribution in [0.25, 0.3) is 0 Å². The Morgan fingerprint density at radius 1 is 1.31 bits per heavy atom. The molecule has 0 unspecified atom stereocenters. The summed E-state index contributed by atoms with van der Waals surface area (Å²) in [7, 11) is 1.45. The third-order valence-corrected chi connectivity index (χ3v) is 7.67. The van der Waals surface area contributed by atoms with Gasteiger partial charge in [0.15, 0.2) is 0 Å². The molecule has 140 valence electrons. The second-order valence-corrected chi connectivity index (χ2v) is 9.00. The van der Waals surface area contributed by atoms with Crippen molar-refractivity contribution >= 4 is 11.8 Å². The highest BCUT2D eigenvalue weighted by atomic mass is 16.5. The molecule has 0 N–H and O–H groups in total. The Kier molecular flexibility index (Phi) is 4.45. The first-order chi connectivity index (χ1) is 12.4. The van der Waals surface area contributed by atoms with Gasteiger partial charge in [-0.15, -0.1) is 0 Å². The smallest absolute Gasteiger partial charge is 0.305 e. The first-order valence-corrected chi connectivity index (χ1v) is 10.1. The predicted octanol–water partition coefficient (Wildman–Crippen LogP) is 4.60. The van der Waals surface area contributed by atoms with Gasteiger partial charge < -0.3 is 4.74 Å². The molecule has 3 aliphatic carbocycles. The van der Waals surface area contributed by atoms with Crippen molar-refractivity contribution in [3.8, 4) is 0 Å². The summed E-state index contributed by atoms with van der Waals surface area (Å²) in [4.78, 5) is 24.6. The molecule has 0 heterocycles. The van der Waals surface area contributed by atoms with Crippen molar-refractivity contribution in [1.29, 1.82) is 0 Å². The third-order valence-electron chi connectivity index (χ3n) is 7.67. The van der Waals surface area contributed by atoms with Gasteiger partial charge in [0.2, 0.25) is 0 Å². The summed E-state index contributed by atoms with van der Waals surface area (Å²) in [6, 6.07) is 6.93. The normalized spacial score (nSPS) is 35.4. The van der Waals surface area contributed by atoms with Crippen LogP contribution in [-0.4, -0.2) is 18.9 Å². The average Bonchev–Trinajstić information content (AvgIpc) is 2.89. The highest BCUT2D eigenvalue weighted by Crippen LogP contribution is 2.62. The molecule has 0 saturated heterocycles. The second kappa shape index (κ2) is 6.51. The molecule has 0 amide bonds. The maximum Gasteiger partial charge on any atom is 0.305 e. The summed E-state index contributed by atoms with van der Waals surface area (Å²) in [5, 5.41) is 0. The standard InChI is InChI=1S/C23H30O3/c1-14-4-7-17-15(12-14)5-8-19-18(17)10-11-23(2)20(24)13-16(22(19)23)6-9-21(25)26-3/h4,7,12,16,18-19,22H,5-6,8-11,13H2,1-3H3/t16-,18-,19-,22+,23-/m1/s1. The lowest BCUT2D eigenvalue weighted by atomic mass is 9.54. The molecular formula is C23H30O3. The van der Waals surface area contributed by atoms with Gasteiger partial charge in [-0.3, -0.25) is 9.59 Å². The summed E-state index contributed by atoms with van der Waals surface area (Å²) in [5.41, 5.74) is 4.21. The summed E-state index contributed by atoms with van der Waals surface area (Å²) < 4.78 is 4.84. The van der Waals surface area contributed by atoms with Crippen LogP contribution < -0.4 is 0 Å². The van der Waals surface area contributed by atoms with Crippen molar-refractivity contribution in [3.05, 3.63) is 34.9 Å². The van der Waals surface area contributed by atoms with Crippen LogP contribution >= 0.6 is 0 Å². The van der Waals surface area contributed by atoms with Gasteiger partial charge in [-0.1, -0.05) is 30.7 Å². The number of methoxy groups -OCH3 is 1. The molecule has 5 atom stereocenters. The molecule has 2 fully saturated rings. The van der Waals surface area contributed by atoms with Gasteiger partial charge >= 0.3 is 5.97 Å². The first kappa shape index (κ1) is 17.8. The number of ether oxygens (including phenoxy) is 1. The summed E-state index contributed by atoms with van der Waals surface area (Å²) in [5.74, 6) is 2.22. The number of benzene rings is 1. The molecule has 3 aliphatic rings. The van der Waals surface area contributed by atoms with Gasteiger partial charge in [0.25, 0.3) is 0 Å². The van der Waals surface area contributed by atoms with E-state index in [4.69, 9.17) is 4.74 Å². The number of hydrogen-bond donors (Lipinski definition) is 0. The van der Waals surface area contributed by atoms with Crippen LogP contribution in [0.4, 0.5) is 0 Å². The molecule has 1 aromatic rings. The maximum atomic E-state index is 12.9. The first-order valence-electron chi connectivity index (χ1n) is 10.1. The molecule has 0 spiro atoms. The number of esters is 1. The maximum absolute atomic E-state index is 12.9. The Bertz CT molecular complexity index is 737. The number of ketones is 1. The van der Waals surface area contributed by atoms with Gasteiger partial charge in [0, 0.05) is 18.3 Å². The lowest BCUT2D eigenvalue weighted by Gasteiger charge is -2.50. The van der Waals surface area contributed by atoms with Crippen LogP contribution in [0.2, 0.25) is 0 Å². The number of aryl methyl sites for hydroxylation is 2. The Morgan fingerprint density at radius 3 is 2.88 bits per heavy atom. The van der Waals surface area contributed by atoms with E-state index < -0.39 is 0 Å². The molecule has 0 aliphatic heterocycles. The Morgan fingerprint density at radius 2 is 2.12 bits per heavy atom. The van der Waals surface area contributed by atoms with E-state index in [2.05, 4.69) is 32.0 Å². The zero-order valence-electron chi connectivity index (χ0n) is 16.2. The molecule has 0 aromatic heterocycles. The second-order valence-electron chi connectivity index (χ2n) is 9.00. The molecule has 4 rings (SSSR count). The van der Waals surface area contributed by atoms with Crippen molar-refractivity contribution in [3.63, 3.8) is 0 Å². The number of carbonyl (C=O) groups is 2. The number of rotatable bonds is 3. The SMILES string of the molecule is COC(=O)CC[C@@H]1CC(=O)[C@@]2(C)CC[C@@H]3c4ccc(C)cc4CC[C@H]3[C@H]12. The topological polar surface area (TPSA) is 43.4 Å². The van der Waals surface area contributed by atoms with Crippen LogP contribution in [0.3, 0.4) is 0 Å². The average molecular weight is 354 g/mol. The van der Waals surface area contributed by atoms with Crippen LogP contribution in [0, 0.1) is 30.1 Å². The van der Waals surface area contributed by atoms with E-state index in [0.717, 1.165) is 25.7 Å². The number of carbonyl (C=O) groups excluding carboxylic acids is 2. The predicted molar refractivity (Wildman–Crippen MR) is 101 cm³/mol. The highest BCUT2D eigenvalue weighted by molar-refractivity contribution is 5.87. The zero-order chi connectivity index (χ0) is 18.5. The lowest BCUT2D eigenvalue weighted by molar-refractivity contribution is -0.141. The van der Waals surface area contributed by atoms with E-state index in [-0.39, 0.29) is 11.4 Å². The summed E-state index contributed by atoms with van der Waals surface area (Å²) in [6.07, 6.45) is 6.33. The molecule has 26 heavy (non-hydrogen) atoms. The van der Waals surface area contributed by atoms with E-state index in [1.165, 1.54) is 30.2 Å². The van der Waals surface area contributed by atoms with Crippen LogP contribution in [0.15, 0.2) is 18.2 Å². The molecule has 0 radical (unpaired) electrons. The molecular weight excluding hydrogens is 324 g/mol. The Hall–Kier alpha value is -1.64. The van der Waals surface area contributed by atoms with Crippen molar-refractivity contribution in [2.45, 2.75) is 64.7 Å². The number of fused-ring (bicyclic) bond motifs is 5. The molecule has 0 bridgehead atoms. The van der Waals surface area contributed by atoms with Crippen molar-refractivity contribution in [2.24, 2.45) is 23.2 Å². The molecule has 1 aromatic carbocycles. The van der Waals surface area contributed by atoms with Crippen molar-refractivity contribution in [1.82, 2.24) is 0 Å². The fourth-order valence-corrected chi connectivity index (χ4v) is 6.44. The quantitative estimate of drug-likeness (QED) is 0.745. The number of Topliss-reactive ketones (excluding diaryl/α,β-unsaturated/α-hetero) is 1. The van der Waals surface area contributed by atoms with Gasteiger partial charge in [-0.2, -0.15) is 0 Å². The van der Waals surface area contributed by atoms with E-state index >= 15 is 0 Å². The largest absolute Gasteiger partial charge is 0.469 e. The fourth-order valence-electron chi connectivity index (χ4n) is 6.44. The van der Waals surface area contributed by atoms with Crippen molar-refractivity contribution in [2.75, 3.05) is 7.11 Å². The minimum Gasteiger partial charge on any atom is -0.469 e. The van der Waals surface area contributed by atoms with Crippen LogP contribution in [0.5, 0.6) is 0 Å². The van der Waals surface area contributed by atoms with Gasteiger partial charge in [0.05, 0.1) is 7.11 Å². The van der Waals surface area contributed by atoms with E-state index in [1.54, 1.807) is 0 Å².